The predicted molar refractivity (Wildman–Crippen MR) is 48.9 cm³/mol. The van der Waals surface area contributed by atoms with E-state index in [1.807, 2.05) is 0 Å². The maximum Gasteiger partial charge on any atom is 0.330 e. The summed E-state index contributed by atoms with van der Waals surface area (Å²) in [7, 11) is 0. The maximum atomic E-state index is 11.6. The number of aliphatic hydroxyl groups excluding tert-OH is 1. The summed E-state index contributed by atoms with van der Waals surface area (Å²) in [6, 6.07) is -1.08. The van der Waals surface area contributed by atoms with Crippen LogP contribution in [0, 0.1) is 12.3 Å². The van der Waals surface area contributed by atoms with Gasteiger partial charge in [-0.05, 0) is 6.42 Å². The lowest BCUT2D eigenvalue weighted by Gasteiger charge is -2.16. The minimum absolute atomic E-state index is 0.0370. The van der Waals surface area contributed by atoms with Gasteiger partial charge in [-0.1, -0.05) is 12.8 Å². The maximum absolute atomic E-state index is 11.6. The van der Waals surface area contributed by atoms with Crippen molar-refractivity contribution in [2.24, 2.45) is 0 Å². The Morgan fingerprint density at radius 1 is 1.57 bits per heavy atom. The molecule has 1 aliphatic heterocycles. The van der Waals surface area contributed by atoms with E-state index in [0.29, 0.717) is 6.42 Å². The molecule has 14 heavy (non-hydrogen) atoms. The minimum atomic E-state index is -0.569. The second kappa shape index (κ2) is 4.11. The topological polar surface area (TPSA) is 60.9 Å². The molecule has 0 bridgehead atoms. The number of amides is 3. The summed E-state index contributed by atoms with van der Waals surface area (Å²) in [4.78, 5) is 25.1. The lowest BCUT2D eigenvalue weighted by Crippen LogP contribution is -2.35. The van der Waals surface area contributed by atoms with Crippen molar-refractivity contribution in [3.63, 3.8) is 0 Å². The van der Waals surface area contributed by atoms with E-state index in [9.17, 15) is 9.59 Å². The molecule has 5 heteroatoms. The summed E-state index contributed by atoms with van der Waals surface area (Å²) in [5.74, 6) is 1.91. The molecule has 1 aliphatic rings. The van der Waals surface area contributed by atoms with Gasteiger partial charge >= 0.3 is 6.03 Å². The van der Waals surface area contributed by atoms with Gasteiger partial charge in [-0.15, -0.1) is 6.42 Å². The van der Waals surface area contributed by atoms with Crippen molar-refractivity contribution in [3.05, 3.63) is 0 Å². The van der Waals surface area contributed by atoms with Gasteiger partial charge in [0.2, 0.25) is 0 Å². The van der Waals surface area contributed by atoms with Gasteiger partial charge < -0.3 is 5.11 Å². The molecule has 5 nitrogen and oxygen atoms in total. The first-order valence-corrected chi connectivity index (χ1v) is 4.33. The number of imide groups is 1. The van der Waals surface area contributed by atoms with Crippen LogP contribution in [0.5, 0.6) is 0 Å². The van der Waals surface area contributed by atoms with Gasteiger partial charge in [-0.25, -0.2) is 4.79 Å². The van der Waals surface area contributed by atoms with Crippen LogP contribution in [-0.2, 0) is 4.79 Å². The first-order valence-electron chi connectivity index (χ1n) is 4.33. The average molecular weight is 196 g/mol. The van der Waals surface area contributed by atoms with E-state index in [-0.39, 0.29) is 12.5 Å². The highest BCUT2D eigenvalue weighted by molar-refractivity contribution is 6.04. The molecule has 0 aromatic heterocycles. The molecule has 1 N–H and O–H groups in total. The second-order valence-electron chi connectivity index (χ2n) is 2.95. The Bertz CT molecular complexity index is 273. The Hall–Kier alpha value is -1.54. The smallest absolute Gasteiger partial charge is 0.330 e. The van der Waals surface area contributed by atoms with Gasteiger partial charge in [-0.3, -0.25) is 14.6 Å². The van der Waals surface area contributed by atoms with Crippen LogP contribution in [0.4, 0.5) is 4.79 Å². The molecule has 0 aliphatic carbocycles. The number of aliphatic hydroxyl groups is 1. The second-order valence-corrected chi connectivity index (χ2v) is 2.95. The van der Waals surface area contributed by atoms with E-state index in [1.165, 1.54) is 0 Å². The van der Waals surface area contributed by atoms with Gasteiger partial charge in [0.25, 0.3) is 5.91 Å². The standard InChI is InChI=1S/C9H12N2O3/c1-3-5-10-8(13)7(4-2)11(6-12)9(10)14/h1,7,12H,4-6H2,2H3. The highest BCUT2D eigenvalue weighted by Crippen LogP contribution is 2.18. The predicted octanol–water partition coefficient (Wildman–Crippen LogP) is -0.388. The Morgan fingerprint density at radius 2 is 2.21 bits per heavy atom. The summed E-state index contributed by atoms with van der Waals surface area (Å²) in [6.45, 7) is 1.28. The van der Waals surface area contributed by atoms with E-state index in [0.717, 1.165) is 9.80 Å². The average Bonchev–Trinajstić information content (AvgIpc) is 2.41. The van der Waals surface area contributed by atoms with Crippen molar-refractivity contribution in [3.8, 4) is 12.3 Å². The normalized spacial score (nSPS) is 21.6. The van der Waals surface area contributed by atoms with Crippen LogP contribution in [0.2, 0.25) is 0 Å². The van der Waals surface area contributed by atoms with Crippen LogP contribution < -0.4 is 0 Å². The molecule has 1 fully saturated rings. The molecule has 0 saturated carbocycles. The third kappa shape index (κ3) is 1.44. The summed E-state index contributed by atoms with van der Waals surface area (Å²) in [6.07, 6.45) is 5.51. The molecular weight excluding hydrogens is 184 g/mol. The molecule has 76 valence electrons. The zero-order valence-electron chi connectivity index (χ0n) is 7.93. The summed E-state index contributed by atoms with van der Waals surface area (Å²) < 4.78 is 0. The van der Waals surface area contributed by atoms with Crippen LogP contribution in [-0.4, -0.2) is 46.2 Å². The quantitative estimate of drug-likeness (QED) is 0.494. The molecule has 0 aromatic rings. The number of rotatable bonds is 3. The summed E-state index contributed by atoms with van der Waals surface area (Å²) in [5, 5.41) is 8.92. The lowest BCUT2D eigenvalue weighted by atomic mass is 10.2. The van der Waals surface area contributed by atoms with Crippen LogP contribution in [0.25, 0.3) is 0 Å². The largest absolute Gasteiger partial charge is 0.376 e. The molecule has 0 radical (unpaired) electrons. The molecule has 1 unspecified atom stereocenters. The Balaban J connectivity index is 2.89. The molecular formula is C9H12N2O3. The fraction of sp³-hybridized carbons (Fsp3) is 0.556. The van der Waals surface area contributed by atoms with E-state index in [4.69, 9.17) is 11.5 Å². The number of urea groups is 1. The number of hydrogen-bond donors (Lipinski definition) is 1. The van der Waals surface area contributed by atoms with Crippen LogP contribution in [0.1, 0.15) is 13.3 Å². The SMILES string of the molecule is C#CCN1C(=O)C(CC)N(CO)C1=O. The van der Waals surface area contributed by atoms with Crippen LogP contribution in [0.15, 0.2) is 0 Å². The number of nitrogens with zero attached hydrogens (tertiary/aromatic N) is 2. The van der Waals surface area contributed by atoms with Crippen molar-refractivity contribution < 1.29 is 14.7 Å². The lowest BCUT2D eigenvalue weighted by molar-refractivity contribution is -0.128. The monoisotopic (exact) mass is 196 g/mol. The van der Waals surface area contributed by atoms with E-state index < -0.39 is 18.8 Å². The van der Waals surface area contributed by atoms with Gasteiger partial charge in [-0.2, -0.15) is 0 Å². The third-order valence-corrected chi connectivity index (χ3v) is 2.19. The zero-order chi connectivity index (χ0) is 10.7. The van der Waals surface area contributed by atoms with E-state index in [2.05, 4.69) is 5.92 Å². The molecule has 1 atom stereocenters. The van der Waals surface area contributed by atoms with Crippen molar-refractivity contribution in [2.75, 3.05) is 13.3 Å². The Morgan fingerprint density at radius 3 is 2.57 bits per heavy atom. The van der Waals surface area contributed by atoms with Crippen molar-refractivity contribution >= 4 is 11.9 Å². The van der Waals surface area contributed by atoms with E-state index in [1.54, 1.807) is 6.92 Å². The zero-order valence-corrected chi connectivity index (χ0v) is 7.93. The number of carbonyl (C=O) groups is 2. The van der Waals surface area contributed by atoms with Crippen LogP contribution in [0.3, 0.4) is 0 Å². The number of hydrogen-bond acceptors (Lipinski definition) is 3. The molecule has 1 rings (SSSR count). The molecule has 3 amide bonds. The van der Waals surface area contributed by atoms with Crippen molar-refractivity contribution in [1.29, 1.82) is 0 Å². The summed E-state index contributed by atoms with van der Waals surface area (Å²) >= 11 is 0. The Kier molecular flexibility index (Phi) is 3.10. The fourth-order valence-electron chi connectivity index (χ4n) is 1.49. The third-order valence-electron chi connectivity index (χ3n) is 2.19. The fourth-order valence-corrected chi connectivity index (χ4v) is 1.49. The van der Waals surface area contributed by atoms with Gasteiger partial charge in [0.05, 0.1) is 6.54 Å². The Labute approximate surface area is 82.3 Å². The molecule has 0 aromatic carbocycles. The highest BCUT2D eigenvalue weighted by atomic mass is 16.3. The van der Waals surface area contributed by atoms with E-state index >= 15 is 0 Å². The number of terminal acetylenes is 1. The summed E-state index contributed by atoms with van der Waals surface area (Å²) in [5.41, 5.74) is 0. The minimum Gasteiger partial charge on any atom is -0.376 e. The van der Waals surface area contributed by atoms with Gasteiger partial charge in [0.15, 0.2) is 0 Å². The first kappa shape index (κ1) is 10.5. The molecule has 1 heterocycles. The molecule has 1 saturated heterocycles. The first-order chi connectivity index (χ1) is 6.67. The molecule has 0 spiro atoms. The van der Waals surface area contributed by atoms with Crippen LogP contribution >= 0.6 is 0 Å². The van der Waals surface area contributed by atoms with Gasteiger partial charge in [0.1, 0.15) is 12.8 Å². The van der Waals surface area contributed by atoms with Crippen molar-refractivity contribution in [1.82, 2.24) is 9.80 Å². The number of carbonyl (C=O) groups excluding carboxylic acids is 2. The van der Waals surface area contributed by atoms with Gasteiger partial charge in [0, 0.05) is 0 Å². The van der Waals surface area contributed by atoms with Crippen molar-refractivity contribution in [2.45, 2.75) is 19.4 Å². The highest BCUT2D eigenvalue weighted by Gasteiger charge is 2.43.